The molecule has 6 heteroatoms. The fourth-order valence-corrected chi connectivity index (χ4v) is 2.99. The van der Waals surface area contributed by atoms with Crippen LogP contribution in [-0.2, 0) is 6.18 Å². The van der Waals surface area contributed by atoms with Gasteiger partial charge in [-0.2, -0.15) is 13.2 Å². The first-order valence-corrected chi connectivity index (χ1v) is 7.57. The van der Waals surface area contributed by atoms with Crippen molar-refractivity contribution in [1.82, 2.24) is 15.2 Å². The van der Waals surface area contributed by atoms with Crippen LogP contribution in [0, 0.1) is 0 Å². The van der Waals surface area contributed by atoms with Crippen molar-refractivity contribution in [2.45, 2.75) is 12.2 Å². The zero-order valence-electron chi connectivity index (χ0n) is 12.6. The highest BCUT2D eigenvalue weighted by atomic mass is 19.4. The van der Waals surface area contributed by atoms with Crippen LogP contribution < -0.4 is 5.32 Å². The molecule has 1 fully saturated rings. The van der Waals surface area contributed by atoms with Crippen LogP contribution >= 0.6 is 0 Å². The highest BCUT2D eigenvalue weighted by Gasteiger charge is 2.32. The van der Waals surface area contributed by atoms with Crippen LogP contribution in [-0.4, -0.2) is 36.1 Å². The van der Waals surface area contributed by atoms with E-state index in [2.05, 4.69) is 15.2 Å². The molecule has 122 valence electrons. The molecule has 1 N–H and O–H groups in total. The Balaban J connectivity index is 2.01. The van der Waals surface area contributed by atoms with Gasteiger partial charge in [-0.1, -0.05) is 12.1 Å². The van der Waals surface area contributed by atoms with Crippen LogP contribution in [0.4, 0.5) is 13.2 Å². The number of hydrogen-bond acceptors (Lipinski definition) is 3. The SMILES string of the molecule is FC(F)(F)c1cccc(C(c2ccncc2)N2CCNCC2)c1. The van der Waals surface area contributed by atoms with Crippen molar-refractivity contribution in [2.75, 3.05) is 26.2 Å². The van der Waals surface area contributed by atoms with Gasteiger partial charge in [-0.05, 0) is 35.4 Å². The summed E-state index contributed by atoms with van der Waals surface area (Å²) < 4.78 is 39.1. The molecule has 0 aliphatic carbocycles. The Morgan fingerprint density at radius 2 is 1.70 bits per heavy atom. The van der Waals surface area contributed by atoms with E-state index in [0.717, 1.165) is 37.8 Å². The van der Waals surface area contributed by atoms with Gasteiger partial charge >= 0.3 is 6.18 Å². The largest absolute Gasteiger partial charge is 0.416 e. The van der Waals surface area contributed by atoms with Crippen LogP contribution in [0.15, 0.2) is 48.8 Å². The summed E-state index contributed by atoms with van der Waals surface area (Å²) >= 11 is 0. The second-order valence-electron chi connectivity index (χ2n) is 5.59. The maximum atomic E-state index is 13.0. The van der Waals surface area contributed by atoms with E-state index in [4.69, 9.17) is 0 Å². The quantitative estimate of drug-likeness (QED) is 0.941. The molecule has 1 aromatic carbocycles. The zero-order chi connectivity index (χ0) is 16.3. The van der Waals surface area contributed by atoms with Crippen LogP contribution in [0.3, 0.4) is 0 Å². The molecule has 3 nitrogen and oxygen atoms in total. The van der Waals surface area contributed by atoms with Gasteiger partial charge in [0.2, 0.25) is 0 Å². The average Bonchev–Trinajstić information content (AvgIpc) is 2.57. The topological polar surface area (TPSA) is 28.2 Å². The van der Waals surface area contributed by atoms with Gasteiger partial charge in [0.25, 0.3) is 0 Å². The molecule has 2 aromatic rings. The lowest BCUT2D eigenvalue weighted by atomic mass is 9.95. The minimum absolute atomic E-state index is 0.192. The monoisotopic (exact) mass is 321 g/mol. The van der Waals surface area contributed by atoms with E-state index in [1.54, 1.807) is 18.5 Å². The molecule has 23 heavy (non-hydrogen) atoms. The van der Waals surface area contributed by atoms with Gasteiger partial charge in [0.05, 0.1) is 11.6 Å². The Bertz CT molecular complexity index is 637. The Labute approximate surface area is 133 Å². The number of halogens is 3. The normalized spacial score (nSPS) is 17.9. The molecule has 1 aliphatic heterocycles. The van der Waals surface area contributed by atoms with Crippen molar-refractivity contribution in [2.24, 2.45) is 0 Å². The van der Waals surface area contributed by atoms with Crippen molar-refractivity contribution < 1.29 is 13.2 Å². The van der Waals surface area contributed by atoms with Crippen LogP contribution in [0.1, 0.15) is 22.7 Å². The number of pyridine rings is 1. The maximum Gasteiger partial charge on any atom is 0.416 e. The van der Waals surface area contributed by atoms with E-state index in [1.807, 2.05) is 12.1 Å². The van der Waals surface area contributed by atoms with Gasteiger partial charge in [0.15, 0.2) is 0 Å². The first-order valence-electron chi connectivity index (χ1n) is 7.57. The van der Waals surface area contributed by atoms with Gasteiger partial charge in [-0.3, -0.25) is 9.88 Å². The summed E-state index contributed by atoms with van der Waals surface area (Å²) in [7, 11) is 0. The fraction of sp³-hybridized carbons (Fsp3) is 0.353. The molecule has 0 saturated carbocycles. The van der Waals surface area contributed by atoms with Gasteiger partial charge in [0, 0.05) is 38.6 Å². The number of rotatable bonds is 3. The third-order valence-corrected chi connectivity index (χ3v) is 4.07. The maximum absolute atomic E-state index is 13.0. The number of alkyl halides is 3. The van der Waals surface area contributed by atoms with Crippen LogP contribution in [0.5, 0.6) is 0 Å². The molecule has 1 unspecified atom stereocenters. The molecular formula is C17H18F3N3. The second kappa shape index (κ2) is 6.68. The highest BCUT2D eigenvalue weighted by Crippen LogP contribution is 2.34. The molecule has 0 bridgehead atoms. The summed E-state index contributed by atoms with van der Waals surface area (Å²) in [5, 5.41) is 3.27. The molecule has 0 amide bonds. The number of benzene rings is 1. The molecule has 0 radical (unpaired) electrons. The highest BCUT2D eigenvalue weighted by molar-refractivity contribution is 5.34. The predicted octanol–water partition coefficient (Wildman–Crippen LogP) is 3.10. The van der Waals surface area contributed by atoms with Gasteiger partial charge < -0.3 is 5.32 Å². The Morgan fingerprint density at radius 3 is 2.35 bits per heavy atom. The number of hydrogen-bond donors (Lipinski definition) is 1. The Morgan fingerprint density at radius 1 is 1.00 bits per heavy atom. The molecule has 1 aromatic heterocycles. The lowest BCUT2D eigenvalue weighted by Gasteiger charge is -2.35. The summed E-state index contributed by atoms with van der Waals surface area (Å²) in [5.41, 5.74) is 1.01. The molecular weight excluding hydrogens is 303 g/mol. The number of piperazine rings is 1. The molecule has 2 heterocycles. The number of nitrogens with zero attached hydrogens (tertiary/aromatic N) is 2. The Hall–Kier alpha value is -1.92. The molecule has 0 spiro atoms. The van der Waals surface area contributed by atoms with Crippen molar-refractivity contribution in [1.29, 1.82) is 0 Å². The summed E-state index contributed by atoms with van der Waals surface area (Å²) in [6.45, 7) is 3.26. The molecule has 1 aliphatic rings. The van der Waals surface area contributed by atoms with Crippen molar-refractivity contribution in [3.63, 3.8) is 0 Å². The fourth-order valence-electron chi connectivity index (χ4n) is 2.99. The van der Waals surface area contributed by atoms with E-state index < -0.39 is 11.7 Å². The predicted molar refractivity (Wildman–Crippen MR) is 82.0 cm³/mol. The van der Waals surface area contributed by atoms with E-state index >= 15 is 0 Å². The van der Waals surface area contributed by atoms with E-state index in [9.17, 15) is 13.2 Å². The second-order valence-corrected chi connectivity index (χ2v) is 5.59. The van der Waals surface area contributed by atoms with Crippen molar-refractivity contribution in [3.05, 3.63) is 65.5 Å². The van der Waals surface area contributed by atoms with Gasteiger partial charge in [-0.25, -0.2) is 0 Å². The van der Waals surface area contributed by atoms with E-state index in [0.29, 0.717) is 5.56 Å². The van der Waals surface area contributed by atoms with E-state index in [-0.39, 0.29) is 6.04 Å². The van der Waals surface area contributed by atoms with E-state index in [1.165, 1.54) is 12.1 Å². The van der Waals surface area contributed by atoms with Gasteiger partial charge in [-0.15, -0.1) is 0 Å². The third-order valence-electron chi connectivity index (χ3n) is 4.07. The smallest absolute Gasteiger partial charge is 0.314 e. The number of aromatic nitrogens is 1. The zero-order valence-corrected chi connectivity index (χ0v) is 12.6. The third kappa shape index (κ3) is 3.71. The van der Waals surface area contributed by atoms with Crippen molar-refractivity contribution in [3.8, 4) is 0 Å². The standard InChI is InChI=1S/C17H18F3N3/c18-17(19,20)15-3-1-2-14(12-15)16(13-4-6-21-7-5-13)23-10-8-22-9-11-23/h1-7,12,16,22H,8-11H2. The van der Waals surface area contributed by atoms with Crippen LogP contribution in [0.2, 0.25) is 0 Å². The summed E-state index contributed by atoms with van der Waals surface area (Å²) in [4.78, 5) is 6.22. The summed E-state index contributed by atoms with van der Waals surface area (Å²) in [5.74, 6) is 0. The minimum atomic E-state index is -4.33. The number of nitrogens with one attached hydrogen (secondary N) is 1. The molecule has 1 saturated heterocycles. The first kappa shape index (κ1) is 16.0. The minimum Gasteiger partial charge on any atom is -0.314 e. The molecule has 1 atom stereocenters. The Kier molecular flexibility index (Phi) is 4.63. The van der Waals surface area contributed by atoms with Crippen LogP contribution in [0.25, 0.3) is 0 Å². The first-order chi connectivity index (χ1) is 11.1. The molecule has 3 rings (SSSR count). The summed E-state index contributed by atoms with van der Waals surface area (Å²) in [6.07, 6.45) is -0.974. The lowest BCUT2D eigenvalue weighted by Crippen LogP contribution is -2.45. The van der Waals surface area contributed by atoms with Crippen molar-refractivity contribution >= 4 is 0 Å². The van der Waals surface area contributed by atoms with Gasteiger partial charge in [0.1, 0.15) is 0 Å². The average molecular weight is 321 g/mol. The lowest BCUT2D eigenvalue weighted by molar-refractivity contribution is -0.137. The summed E-state index contributed by atoms with van der Waals surface area (Å²) in [6, 6.07) is 9.16.